The summed E-state index contributed by atoms with van der Waals surface area (Å²) in [6.07, 6.45) is 3.46. The Balaban J connectivity index is 2.19. The lowest BCUT2D eigenvalue weighted by atomic mass is 10.1. The molecule has 0 bridgehead atoms. The van der Waals surface area contributed by atoms with E-state index in [1.807, 2.05) is 12.1 Å². The molecule has 0 radical (unpaired) electrons. The molecule has 4 N–H and O–H groups in total. The highest BCUT2D eigenvalue weighted by Gasteiger charge is 2.09. The number of anilines is 2. The van der Waals surface area contributed by atoms with Crippen LogP contribution in [0.15, 0.2) is 42.7 Å². The number of carbonyl (C=O) groups excluding carboxylic acids is 1. The van der Waals surface area contributed by atoms with Crippen molar-refractivity contribution in [1.29, 1.82) is 0 Å². The second kappa shape index (κ2) is 5.86. The predicted octanol–water partition coefficient (Wildman–Crippen LogP) is 1.64. The average Bonchev–Trinajstić information content (AvgIpc) is 2.45. The first-order chi connectivity index (χ1) is 9.20. The minimum atomic E-state index is -0.141. The Labute approximate surface area is 111 Å². The van der Waals surface area contributed by atoms with Gasteiger partial charge >= 0.3 is 0 Å². The minimum Gasteiger partial charge on any atom is -0.399 e. The first kappa shape index (κ1) is 12.9. The molecule has 1 heterocycles. The van der Waals surface area contributed by atoms with Crippen LogP contribution in [0.1, 0.15) is 15.9 Å². The Hall–Kier alpha value is -2.56. The fourth-order valence-corrected chi connectivity index (χ4v) is 1.74. The molecule has 0 aliphatic carbocycles. The summed E-state index contributed by atoms with van der Waals surface area (Å²) in [6, 6.07) is 9.01. The van der Waals surface area contributed by atoms with Crippen molar-refractivity contribution in [2.45, 2.75) is 6.54 Å². The molecular weight excluding hydrogens is 240 g/mol. The molecule has 0 saturated heterocycles. The van der Waals surface area contributed by atoms with Crippen LogP contribution in [0.25, 0.3) is 0 Å². The quantitative estimate of drug-likeness (QED) is 0.726. The molecule has 0 aliphatic heterocycles. The monoisotopic (exact) mass is 256 g/mol. The maximum absolute atomic E-state index is 11.8. The predicted molar refractivity (Wildman–Crippen MR) is 75.8 cm³/mol. The van der Waals surface area contributed by atoms with Crippen molar-refractivity contribution in [2.75, 3.05) is 18.1 Å². The van der Waals surface area contributed by atoms with Gasteiger partial charge in [0.15, 0.2) is 0 Å². The zero-order chi connectivity index (χ0) is 13.7. The van der Waals surface area contributed by atoms with Crippen LogP contribution in [-0.4, -0.2) is 17.9 Å². The van der Waals surface area contributed by atoms with Gasteiger partial charge in [0.1, 0.15) is 0 Å². The molecule has 1 aromatic carbocycles. The van der Waals surface area contributed by atoms with Gasteiger partial charge in [-0.2, -0.15) is 0 Å². The third kappa shape index (κ3) is 3.22. The van der Waals surface area contributed by atoms with Crippen molar-refractivity contribution in [1.82, 2.24) is 10.3 Å². The number of nitrogens with one attached hydrogen (secondary N) is 2. The number of carbonyl (C=O) groups is 1. The number of nitrogens with two attached hydrogens (primary N) is 1. The van der Waals surface area contributed by atoms with Gasteiger partial charge in [0.05, 0.1) is 5.56 Å². The van der Waals surface area contributed by atoms with E-state index in [-0.39, 0.29) is 5.91 Å². The number of hydrogen-bond acceptors (Lipinski definition) is 4. The van der Waals surface area contributed by atoms with E-state index in [1.165, 1.54) is 0 Å². The van der Waals surface area contributed by atoms with Gasteiger partial charge in [-0.1, -0.05) is 0 Å². The first-order valence-electron chi connectivity index (χ1n) is 5.95. The van der Waals surface area contributed by atoms with Crippen LogP contribution in [0.3, 0.4) is 0 Å². The molecule has 5 nitrogen and oxygen atoms in total. The maximum Gasteiger partial charge on any atom is 0.253 e. The van der Waals surface area contributed by atoms with Gasteiger partial charge in [-0.05, 0) is 35.9 Å². The van der Waals surface area contributed by atoms with Gasteiger partial charge < -0.3 is 16.4 Å². The zero-order valence-electron chi connectivity index (χ0n) is 10.7. The third-order valence-corrected chi connectivity index (χ3v) is 2.75. The number of benzene rings is 1. The van der Waals surface area contributed by atoms with Gasteiger partial charge in [0.25, 0.3) is 5.91 Å². The number of rotatable bonds is 4. The van der Waals surface area contributed by atoms with Crippen molar-refractivity contribution in [3.63, 3.8) is 0 Å². The fourth-order valence-electron chi connectivity index (χ4n) is 1.74. The van der Waals surface area contributed by atoms with E-state index in [0.717, 1.165) is 11.3 Å². The second-order valence-corrected chi connectivity index (χ2v) is 4.09. The largest absolute Gasteiger partial charge is 0.399 e. The van der Waals surface area contributed by atoms with Crippen LogP contribution in [0.2, 0.25) is 0 Å². The lowest BCUT2D eigenvalue weighted by Gasteiger charge is -2.12. The number of nitrogen functional groups attached to an aromatic ring is 1. The van der Waals surface area contributed by atoms with Crippen LogP contribution in [0.4, 0.5) is 11.4 Å². The molecular formula is C14H16N4O. The Morgan fingerprint density at radius 1 is 1.26 bits per heavy atom. The van der Waals surface area contributed by atoms with Crippen molar-refractivity contribution in [3.8, 4) is 0 Å². The number of hydrogen-bond donors (Lipinski definition) is 3. The molecule has 0 spiro atoms. The van der Waals surface area contributed by atoms with Crippen LogP contribution < -0.4 is 16.4 Å². The van der Waals surface area contributed by atoms with E-state index in [2.05, 4.69) is 15.6 Å². The Kier molecular flexibility index (Phi) is 3.97. The highest BCUT2D eigenvalue weighted by atomic mass is 16.1. The molecule has 0 saturated carbocycles. The van der Waals surface area contributed by atoms with E-state index in [0.29, 0.717) is 17.8 Å². The topological polar surface area (TPSA) is 80.0 Å². The Bertz CT molecular complexity index is 569. The van der Waals surface area contributed by atoms with Gasteiger partial charge in [-0.25, -0.2) is 0 Å². The second-order valence-electron chi connectivity index (χ2n) is 4.09. The third-order valence-electron chi connectivity index (χ3n) is 2.75. The molecule has 98 valence electrons. The van der Waals surface area contributed by atoms with Crippen molar-refractivity contribution >= 4 is 17.3 Å². The van der Waals surface area contributed by atoms with Crippen molar-refractivity contribution in [3.05, 3.63) is 53.9 Å². The van der Waals surface area contributed by atoms with Crippen molar-refractivity contribution in [2.24, 2.45) is 0 Å². The standard InChI is InChI=1S/C14H16N4O/c1-16-14(19)12-3-2-11(15)8-13(12)18-9-10-4-6-17-7-5-10/h2-8,18H,9,15H2,1H3,(H,16,19). The molecule has 0 atom stereocenters. The summed E-state index contributed by atoms with van der Waals surface area (Å²) in [5.74, 6) is -0.141. The van der Waals surface area contributed by atoms with E-state index in [9.17, 15) is 4.79 Å². The summed E-state index contributed by atoms with van der Waals surface area (Å²) in [5, 5.41) is 5.83. The van der Waals surface area contributed by atoms with Crippen LogP contribution in [0, 0.1) is 0 Å². The molecule has 2 rings (SSSR count). The summed E-state index contributed by atoms with van der Waals surface area (Å²) in [4.78, 5) is 15.7. The first-order valence-corrected chi connectivity index (χ1v) is 5.95. The normalized spacial score (nSPS) is 9.95. The number of aromatic nitrogens is 1. The summed E-state index contributed by atoms with van der Waals surface area (Å²) in [5.41, 5.74) is 8.75. The van der Waals surface area contributed by atoms with Gasteiger partial charge in [-0.15, -0.1) is 0 Å². The van der Waals surface area contributed by atoms with Gasteiger partial charge in [0.2, 0.25) is 0 Å². The lowest BCUT2D eigenvalue weighted by molar-refractivity contribution is 0.0964. The van der Waals surface area contributed by atoms with Crippen LogP contribution in [0.5, 0.6) is 0 Å². The molecule has 0 unspecified atom stereocenters. The van der Waals surface area contributed by atoms with Crippen LogP contribution in [-0.2, 0) is 6.54 Å². The molecule has 2 aromatic rings. The van der Waals surface area contributed by atoms with E-state index in [1.54, 1.807) is 37.6 Å². The van der Waals surface area contributed by atoms with E-state index < -0.39 is 0 Å². The zero-order valence-corrected chi connectivity index (χ0v) is 10.7. The van der Waals surface area contributed by atoms with Crippen molar-refractivity contribution < 1.29 is 4.79 Å². The SMILES string of the molecule is CNC(=O)c1ccc(N)cc1NCc1ccncc1. The summed E-state index contributed by atoms with van der Waals surface area (Å²) in [7, 11) is 1.60. The molecule has 0 fully saturated rings. The molecule has 0 aliphatic rings. The smallest absolute Gasteiger partial charge is 0.253 e. The molecule has 19 heavy (non-hydrogen) atoms. The molecule has 1 aromatic heterocycles. The minimum absolute atomic E-state index is 0.141. The van der Waals surface area contributed by atoms with Gasteiger partial charge in [0, 0.05) is 37.4 Å². The Morgan fingerprint density at radius 3 is 2.68 bits per heavy atom. The highest BCUT2D eigenvalue weighted by molar-refractivity contribution is 6.00. The summed E-state index contributed by atoms with van der Waals surface area (Å²) in [6.45, 7) is 0.607. The molecule has 1 amide bonds. The van der Waals surface area contributed by atoms with E-state index in [4.69, 9.17) is 5.73 Å². The number of pyridine rings is 1. The Morgan fingerprint density at radius 2 is 2.00 bits per heavy atom. The maximum atomic E-state index is 11.8. The summed E-state index contributed by atoms with van der Waals surface area (Å²) >= 11 is 0. The van der Waals surface area contributed by atoms with E-state index >= 15 is 0 Å². The molecule has 5 heteroatoms. The number of nitrogens with zero attached hydrogens (tertiary/aromatic N) is 1. The fraction of sp³-hybridized carbons (Fsp3) is 0.143. The number of amides is 1. The highest BCUT2D eigenvalue weighted by Crippen LogP contribution is 2.20. The summed E-state index contributed by atoms with van der Waals surface area (Å²) < 4.78 is 0. The van der Waals surface area contributed by atoms with Crippen LogP contribution >= 0.6 is 0 Å². The van der Waals surface area contributed by atoms with Gasteiger partial charge in [-0.3, -0.25) is 9.78 Å². The average molecular weight is 256 g/mol. The lowest BCUT2D eigenvalue weighted by Crippen LogP contribution is -2.19.